The molecule has 5 nitrogen and oxygen atoms in total. The van der Waals surface area contributed by atoms with Crippen LogP contribution in [0.25, 0.3) is 0 Å². The highest BCUT2D eigenvalue weighted by Gasteiger charge is 2.71. The van der Waals surface area contributed by atoms with Crippen molar-refractivity contribution in [2.45, 2.75) is 31.9 Å². The van der Waals surface area contributed by atoms with E-state index < -0.39 is 11.4 Å². The molecule has 94 valence electrons. The molecule has 3 aliphatic rings. The standard InChI is InChI=1S/C13H14N2O3/c1-6(2)11(16)15-9-7-3-8-10(9)18-12(17)13(8,4-7)5-14/h7-10H,1,3-4H2,2H3,(H,15,16). The number of amides is 1. The predicted molar refractivity (Wildman–Crippen MR) is 60.9 cm³/mol. The van der Waals surface area contributed by atoms with E-state index in [0.717, 1.165) is 6.42 Å². The van der Waals surface area contributed by atoms with Gasteiger partial charge < -0.3 is 10.1 Å². The Morgan fingerprint density at radius 1 is 1.67 bits per heavy atom. The van der Waals surface area contributed by atoms with Crippen LogP contribution in [0.15, 0.2) is 12.2 Å². The molecule has 3 rings (SSSR count). The molecule has 5 unspecified atom stereocenters. The van der Waals surface area contributed by atoms with Crippen molar-refractivity contribution in [2.24, 2.45) is 17.3 Å². The van der Waals surface area contributed by atoms with Crippen molar-refractivity contribution in [1.29, 1.82) is 5.26 Å². The molecule has 1 amide bonds. The fourth-order valence-corrected chi connectivity index (χ4v) is 3.65. The second-order valence-corrected chi connectivity index (χ2v) is 5.54. The van der Waals surface area contributed by atoms with Crippen molar-refractivity contribution >= 4 is 11.9 Å². The predicted octanol–water partition coefficient (Wildman–Crippen LogP) is 0.522. The van der Waals surface area contributed by atoms with Gasteiger partial charge in [-0.2, -0.15) is 5.26 Å². The summed E-state index contributed by atoms with van der Waals surface area (Å²) in [7, 11) is 0. The maximum Gasteiger partial charge on any atom is 0.327 e. The summed E-state index contributed by atoms with van der Waals surface area (Å²) in [5, 5.41) is 12.1. The van der Waals surface area contributed by atoms with Crippen LogP contribution in [0.1, 0.15) is 19.8 Å². The summed E-state index contributed by atoms with van der Waals surface area (Å²) in [6.45, 7) is 5.23. The molecule has 18 heavy (non-hydrogen) atoms. The fraction of sp³-hybridized carbons (Fsp3) is 0.615. The molecule has 5 heteroatoms. The number of carbonyl (C=O) groups is 2. The lowest BCUT2D eigenvalue weighted by molar-refractivity contribution is -0.146. The Morgan fingerprint density at radius 3 is 3.00 bits per heavy atom. The minimum atomic E-state index is -0.945. The third kappa shape index (κ3) is 1.15. The van der Waals surface area contributed by atoms with Crippen LogP contribution in [0, 0.1) is 28.6 Å². The third-order valence-electron chi connectivity index (χ3n) is 4.52. The van der Waals surface area contributed by atoms with Gasteiger partial charge in [-0.3, -0.25) is 9.59 Å². The average molecular weight is 246 g/mol. The van der Waals surface area contributed by atoms with Crippen LogP contribution in [0.3, 0.4) is 0 Å². The summed E-state index contributed by atoms with van der Waals surface area (Å²) in [6, 6.07) is 1.98. The number of fused-ring (bicyclic) bond motifs is 1. The zero-order chi connectivity index (χ0) is 13.1. The highest BCUT2D eigenvalue weighted by molar-refractivity contribution is 5.92. The summed E-state index contributed by atoms with van der Waals surface area (Å²) in [5.74, 6) is -0.516. The van der Waals surface area contributed by atoms with Gasteiger partial charge in [0.1, 0.15) is 6.10 Å². The number of nitrogens with zero attached hydrogens (tertiary/aromatic N) is 1. The highest BCUT2D eigenvalue weighted by atomic mass is 16.6. The second kappa shape index (κ2) is 3.35. The van der Waals surface area contributed by atoms with Gasteiger partial charge in [0.25, 0.3) is 0 Å². The fourth-order valence-electron chi connectivity index (χ4n) is 3.65. The maximum atomic E-state index is 11.8. The topological polar surface area (TPSA) is 79.2 Å². The summed E-state index contributed by atoms with van der Waals surface area (Å²) in [5.41, 5.74) is -0.506. The average Bonchev–Trinajstić information content (AvgIpc) is 2.90. The zero-order valence-electron chi connectivity index (χ0n) is 10.1. The van der Waals surface area contributed by atoms with Crippen LogP contribution in [0.5, 0.6) is 0 Å². The van der Waals surface area contributed by atoms with Crippen LogP contribution in [-0.2, 0) is 14.3 Å². The molecular formula is C13H14N2O3. The van der Waals surface area contributed by atoms with Crippen molar-refractivity contribution < 1.29 is 14.3 Å². The van der Waals surface area contributed by atoms with Crippen molar-refractivity contribution in [2.75, 3.05) is 0 Å². The molecule has 0 aromatic rings. The Balaban J connectivity index is 1.85. The Morgan fingerprint density at radius 2 is 2.39 bits per heavy atom. The molecule has 2 aliphatic carbocycles. The highest BCUT2D eigenvalue weighted by Crippen LogP contribution is 2.61. The molecule has 0 spiro atoms. The van der Waals surface area contributed by atoms with Gasteiger partial charge in [-0.25, -0.2) is 0 Å². The minimum Gasteiger partial charge on any atom is -0.459 e. The molecule has 1 aliphatic heterocycles. The Labute approximate surface area is 105 Å². The third-order valence-corrected chi connectivity index (χ3v) is 4.52. The van der Waals surface area contributed by atoms with Gasteiger partial charge in [-0.1, -0.05) is 6.58 Å². The van der Waals surface area contributed by atoms with Gasteiger partial charge >= 0.3 is 5.97 Å². The number of hydrogen-bond donors (Lipinski definition) is 1. The molecule has 1 heterocycles. The van der Waals surface area contributed by atoms with Crippen molar-refractivity contribution in [3.05, 3.63) is 12.2 Å². The quantitative estimate of drug-likeness (QED) is 0.569. The van der Waals surface area contributed by atoms with Crippen LogP contribution >= 0.6 is 0 Å². The Kier molecular flexibility index (Phi) is 2.10. The molecule has 3 fully saturated rings. The van der Waals surface area contributed by atoms with Crippen LogP contribution in [-0.4, -0.2) is 24.0 Å². The first-order valence-corrected chi connectivity index (χ1v) is 6.08. The number of rotatable bonds is 2. The minimum absolute atomic E-state index is 0.0598. The van der Waals surface area contributed by atoms with Gasteiger partial charge in [-0.05, 0) is 25.7 Å². The van der Waals surface area contributed by atoms with Crippen molar-refractivity contribution in [1.82, 2.24) is 5.32 Å². The summed E-state index contributed by atoms with van der Waals surface area (Å²) in [4.78, 5) is 23.5. The molecular weight excluding hydrogens is 232 g/mol. The van der Waals surface area contributed by atoms with Crippen molar-refractivity contribution in [3.63, 3.8) is 0 Å². The molecule has 1 saturated heterocycles. The van der Waals surface area contributed by atoms with E-state index in [2.05, 4.69) is 18.0 Å². The smallest absolute Gasteiger partial charge is 0.327 e. The molecule has 2 bridgehead atoms. The number of carbonyl (C=O) groups excluding carboxylic acids is 2. The van der Waals surface area contributed by atoms with E-state index in [-0.39, 0.29) is 29.9 Å². The number of ether oxygens (including phenoxy) is 1. The summed E-state index contributed by atoms with van der Waals surface area (Å²) < 4.78 is 5.32. The summed E-state index contributed by atoms with van der Waals surface area (Å²) >= 11 is 0. The van der Waals surface area contributed by atoms with E-state index in [1.165, 1.54) is 0 Å². The second-order valence-electron chi connectivity index (χ2n) is 5.54. The van der Waals surface area contributed by atoms with Gasteiger partial charge in [0, 0.05) is 11.5 Å². The lowest BCUT2D eigenvalue weighted by Gasteiger charge is -2.28. The van der Waals surface area contributed by atoms with E-state index in [4.69, 9.17) is 4.74 Å². The number of nitriles is 1. The van der Waals surface area contributed by atoms with Crippen LogP contribution in [0.4, 0.5) is 0 Å². The lowest BCUT2D eigenvalue weighted by atomic mass is 9.74. The van der Waals surface area contributed by atoms with Crippen LogP contribution < -0.4 is 5.32 Å². The molecule has 0 aromatic heterocycles. The van der Waals surface area contributed by atoms with Gasteiger partial charge in [0.15, 0.2) is 5.41 Å². The monoisotopic (exact) mass is 246 g/mol. The van der Waals surface area contributed by atoms with Gasteiger partial charge in [-0.15, -0.1) is 0 Å². The van der Waals surface area contributed by atoms with E-state index in [0.29, 0.717) is 12.0 Å². The maximum absolute atomic E-state index is 11.8. The normalized spacial score (nSPS) is 43.4. The molecule has 5 atom stereocenters. The van der Waals surface area contributed by atoms with E-state index in [1.54, 1.807) is 6.92 Å². The molecule has 1 N–H and O–H groups in total. The van der Waals surface area contributed by atoms with Crippen molar-refractivity contribution in [3.8, 4) is 6.07 Å². The number of hydrogen-bond acceptors (Lipinski definition) is 4. The zero-order valence-corrected chi connectivity index (χ0v) is 10.1. The molecule has 2 saturated carbocycles. The number of esters is 1. The largest absolute Gasteiger partial charge is 0.459 e. The number of nitrogens with one attached hydrogen (secondary N) is 1. The van der Waals surface area contributed by atoms with E-state index in [9.17, 15) is 14.9 Å². The SMILES string of the molecule is C=C(C)C(=O)NC1C2CC3C1OC(=O)C3(C#N)C2. The first-order chi connectivity index (χ1) is 8.49. The Hall–Kier alpha value is -1.83. The van der Waals surface area contributed by atoms with Gasteiger partial charge in [0.05, 0.1) is 12.1 Å². The molecule has 0 aromatic carbocycles. The van der Waals surface area contributed by atoms with E-state index >= 15 is 0 Å². The first-order valence-electron chi connectivity index (χ1n) is 6.08. The van der Waals surface area contributed by atoms with Crippen LogP contribution in [0.2, 0.25) is 0 Å². The first kappa shape index (κ1) is 11.3. The Bertz CT molecular complexity index is 507. The van der Waals surface area contributed by atoms with E-state index in [1.807, 2.05) is 0 Å². The lowest BCUT2D eigenvalue weighted by Crippen LogP contribution is -2.48. The van der Waals surface area contributed by atoms with Gasteiger partial charge in [0.2, 0.25) is 5.91 Å². The summed E-state index contributed by atoms with van der Waals surface area (Å²) in [6.07, 6.45) is 0.953. The molecule has 0 radical (unpaired) electrons.